The number of carbonyl (C=O) groups excluding carboxylic acids is 4. The van der Waals surface area contributed by atoms with Crippen LogP contribution in [0.5, 0.6) is 0 Å². The highest BCUT2D eigenvalue weighted by Crippen LogP contribution is 2.70. The number of carbonyl (C=O) groups is 4. The monoisotopic (exact) mass is 336 g/mol. The zero-order valence-corrected chi connectivity index (χ0v) is 14.9. The zero-order valence-electron chi connectivity index (χ0n) is 14.9. The van der Waals surface area contributed by atoms with E-state index in [1.807, 2.05) is 0 Å². The molecule has 4 aliphatic rings. The Morgan fingerprint density at radius 2 is 0.840 bits per heavy atom. The number of rotatable bonds is 0. The fourth-order valence-corrected chi connectivity index (χ4v) is 5.32. The lowest BCUT2D eigenvalue weighted by atomic mass is 9.72. The number of hydrogen-bond donors (Lipinski definition) is 0. The number of hydrogen-bond acceptors (Lipinski definition) is 4. The topological polar surface area (TPSA) is 68.3 Å². The Kier molecular flexibility index (Phi) is 2.85. The molecule has 0 aliphatic heterocycles. The fourth-order valence-electron chi connectivity index (χ4n) is 5.32. The molecule has 0 saturated heterocycles. The van der Waals surface area contributed by atoms with Crippen molar-refractivity contribution in [1.29, 1.82) is 0 Å². The van der Waals surface area contributed by atoms with Crippen LogP contribution in [-0.4, -0.2) is 23.1 Å². The normalized spacial score (nSPS) is 28.3. The van der Waals surface area contributed by atoms with Gasteiger partial charge in [-0.25, -0.2) is 0 Å². The molecule has 25 heavy (non-hydrogen) atoms. The van der Waals surface area contributed by atoms with Crippen LogP contribution in [0.4, 0.5) is 0 Å². The first-order valence-electron chi connectivity index (χ1n) is 8.54. The minimum Gasteiger partial charge on any atom is -0.286 e. The van der Waals surface area contributed by atoms with Crippen LogP contribution in [-0.2, 0) is 19.2 Å². The maximum Gasteiger partial charge on any atom is 0.226 e. The highest BCUT2D eigenvalue weighted by atomic mass is 16.2. The maximum absolute atomic E-state index is 12.1. The fraction of sp³-hybridized carbons (Fsp3) is 0.429. The molecule has 0 N–H and O–H groups in total. The van der Waals surface area contributed by atoms with Crippen molar-refractivity contribution in [3.63, 3.8) is 0 Å². The number of fused-ring (bicyclic) bond motifs is 4. The minimum absolute atomic E-state index is 0.279. The molecule has 2 fully saturated rings. The summed E-state index contributed by atoms with van der Waals surface area (Å²) in [6.45, 7) is 8.26. The standard InChI is InChI=1S/C21H20O4/c1-19(2)9-21(13-7-17(24)15(22)5-11(13)19)10-20(3,4)12-6-16(23)18(25)8-14(12)21/h5-8H,9-10H2,1-4H3. The van der Waals surface area contributed by atoms with E-state index < -0.39 is 28.5 Å². The SMILES string of the molecule is CC1(C)CC2(CC(C)(C)C3=CC(=O)C(=O)C=C32)C2=CC(=O)C(=O)C=C21. The molecule has 0 bridgehead atoms. The molecule has 4 heteroatoms. The van der Waals surface area contributed by atoms with E-state index in [4.69, 9.17) is 0 Å². The minimum atomic E-state index is -0.509. The summed E-state index contributed by atoms with van der Waals surface area (Å²) >= 11 is 0. The Labute approximate surface area is 146 Å². The molecule has 0 aromatic heterocycles. The summed E-state index contributed by atoms with van der Waals surface area (Å²) in [6.07, 6.45) is 7.30. The van der Waals surface area contributed by atoms with Crippen molar-refractivity contribution in [3.05, 3.63) is 46.6 Å². The Morgan fingerprint density at radius 1 is 0.560 bits per heavy atom. The van der Waals surface area contributed by atoms with E-state index in [2.05, 4.69) is 27.7 Å². The van der Waals surface area contributed by atoms with E-state index >= 15 is 0 Å². The molecule has 0 aromatic carbocycles. The molecule has 4 rings (SSSR count). The highest BCUT2D eigenvalue weighted by Gasteiger charge is 2.61. The molecule has 0 aromatic rings. The van der Waals surface area contributed by atoms with Crippen molar-refractivity contribution in [2.24, 2.45) is 16.2 Å². The second-order valence-corrected chi connectivity index (χ2v) is 8.89. The quantitative estimate of drug-likeness (QED) is 0.504. The van der Waals surface area contributed by atoms with Crippen molar-refractivity contribution in [2.75, 3.05) is 0 Å². The van der Waals surface area contributed by atoms with Gasteiger partial charge in [-0.05, 0) is 70.3 Å². The summed E-state index contributed by atoms with van der Waals surface area (Å²) in [5.41, 5.74) is 2.44. The maximum atomic E-state index is 12.1. The van der Waals surface area contributed by atoms with E-state index in [9.17, 15) is 19.2 Å². The van der Waals surface area contributed by atoms with Gasteiger partial charge >= 0.3 is 0 Å². The van der Waals surface area contributed by atoms with Crippen LogP contribution in [0.25, 0.3) is 0 Å². The van der Waals surface area contributed by atoms with Crippen LogP contribution >= 0.6 is 0 Å². The van der Waals surface area contributed by atoms with Crippen LogP contribution in [0, 0.1) is 16.2 Å². The molecular formula is C21H20O4. The van der Waals surface area contributed by atoms with Crippen LogP contribution in [0.2, 0.25) is 0 Å². The Hall–Kier alpha value is -2.36. The molecule has 1 spiro atoms. The second-order valence-electron chi connectivity index (χ2n) is 8.89. The Bertz CT molecular complexity index is 840. The zero-order chi connectivity index (χ0) is 18.4. The predicted octanol–water partition coefficient (Wildman–Crippen LogP) is 2.84. The van der Waals surface area contributed by atoms with Gasteiger partial charge in [0.2, 0.25) is 23.1 Å². The summed E-state index contributed by atoms with van der Waals surface area (Å²) < 4.78 is 0. The third-order valence-electron chi connectivity index (χ3n) is 6.14. The summed E-state index contributed by atoms with van der Waals surface area (Å²) in [5, 5.41) is 0. The molecule has 2 saturated carbocycles. The third-order valence-corrected chi connectivity index (χ3v) is 6.14. The molecular weight excluding hydrogens is 316 g/mol. The third kappa shape index (κ3) is 1.94. The van der Waals surface area contributed by atoms with Crippen molar-refractivity contribution in [1.82, 2.24) is 0 Å². The molecule has 0 heterocycles. The lowest BCUT2D eigenvalue weighted by molar-refractivity contribution is -0.131. The largest absolute Gasteiger partial charge is 0.286 e. The molecule has 0 unspecified atom stereocenters. The van der Waals surface area contributed by atoms with E-state index in [0.29, 0.717) is 12.8 Å². The Morgan fingerprint density at radius 3 is 1.16 bits per heavy atom. The molecule has 0 radical (unpaired) electrons. The average Bonchev–Trinajstić information content (AvgIpc) is 2.82. The summed E-state index contributed by atoms with van der Waals surface area (Å²) in [4.78, 5) is 48.1. The molecule has 4 nitrogen and oxygen atoms in total. The van der Waals surface area contributed by atoms with Crippen LogP contribution in [0.1, 0.15) is 40.5 Å². The second kappa shape index (κ2) is 4.43. The summed E-state index contributed by atoms with van der Waals surface area (Å²) in [7, 11) is 0. The molecule has 0 atom stereocenters. The van der Waals surface area contributed by atoms with Gasteiger partial charge in [0, 0.05) is 5.41 Å². The van der Waals surface area contributed by atoms with Crippen LogP contribution in [0.3, 0.4) is 0 Å². The first-order valence-corrected chi connectivity index (χ1v) is 8.54. The molecule has 128 valence electrons. The van der Waals surface area contributed by atoms with E-state index in [0.717, 1.165) is 22.3 Å². The van der Waals surface area contributed by atoms with Crippen molar-refractivity contribution >= 4 is 23.1 Å². The van der Waals surface area contributed by atoms with Gasteiger partial charge in [-0.3, -0.25) is 19.2 Å². The number of allylic oxidation sites excluding steroid dienone is 8. The smallest absolute Gasteiger partial charge is 0.226 e. The van der Waals surface area contributed by atoms with Crippen molar-refractivity contribution in [3.8, 4) is 0 Å². The van der Waals surface area contributed by atoms with Crippen molar-refractivity contribution in [2.45, 2.75) is 40.5 Å². The number of ketones is 4. The highest BCUT2D eigenvalue weighted by molar-refractivity contribution is 6.47. The first kappa shape index (κ1) is 16.1. The van der Waals surface area contributed by atoms with E-state index in [-0.39, 0.29) is 10.8 Å². The van der Waals surface area contributed by atoms with Crippen molar-refractivity contribution < 1.29 is 19.2 Å². The molecule has 4 aliphatic carbocycles. The lowest BCUT2D eigenvalue weighted by Gasteiger charge is -2.30. The summed E-state index contributed by atoms with van der Waals surface area (Å²) in [6, 6.07) is 0. The average molecular weight is 336 g/mol. The van der Waals surface area contributed by atoms with Gasteiger partial charge in [0.05, 0.1) is 0 Å². The van der Waals surface area contributed by atoms with Gasteiger partial charge in [0.1, 0.15) is 0 Å². The van der Waals surface area contributed by atoms with Gasteiger partial charge < -0.3 is 0 Å². The molecule has 0 amide bonds. The Balaban J connectivity index is 2.00. The van der Waals surface area contributed by atoms with Gasteiger partial charge in [-0.15, -0.1) is 0 Å². The van der Waals surface area contributed by atoms with Gasteiger partial charge in [0.15, 0.2) is 0 Å². The van der Waals surface area contributed by atoms with E-state index in [1.165, 1.54) is 24.3 Å². The van der Waals surface area contributed by atoms with Gasteiger partial charge in [-0.2, -0.15) is 0 Å². The van der Waals surface area contributed by atoms with Gasteiger partial charge in [-0.1, -0.05) is 27.7 Å². The van der Waals surface area contributed by atoms with E-state index in [1.54, 1.807) is 0 Å². The van der Waals surface area contributed by atoms with Crippen LogP contribution < -0.4 is 0 Å². The lowest BCUT2D eigenvalue weighted by Crippen LogP contribution is -2.25. The first-order chi connectivity index (χ1) is 11.5. The summed E-state index contributed by atoms with van der Waals surface area (Å²) in [5.74, 6) is -1.99. The van der Waals surface area contributed by atoms with Crippen LogP contribution in [0.15, 0.2) is 46.6 Å². The van der Waals surface area contributed by atoms with Gasteiger partial charge in [0.25, 0.3) is 0 Å². The predicted molar refractivity (Wildman–Crippen MR) is 91.6 cm³/mol.